The molecule has 3 heteroatoms. The fourth-order valence-electron chi connectivity index (χ4n) is 2.34. The third-order valence-corrected chi connectivity index (χ3v) is 3.97. The zero-order valence-corrected chi connectivity index (χ0v) is 15.8. The van der Waals surface area contributed by atoms with E-state index >= 15 is 0 Å². The molecule has 0 fully saturated rings. The second-order valence-corrected chi connectivity index (χ2v) is 5.96. The molecule has 0 rings (SSSR count). The Kier molecular flexibility index (Phi) is 31.9. The molecular weight excluding hydrogens is 290 g/mol. The van der Waals surface area contributed by atoms with Crippen LogP contribution in [0, 0.1) is 0 Å². The molecule has 0 aliphatic carbocycles. The van der Waals surface area contributed by atoms with Crippen LogP contribution in [0.3, 0.4) is 0 Å². The van der Waals surface area contributed by atoms with Gasteiger partial charge in [0, 0.05) is 0 Å². The average Bonchev–Trinajstić information content (AvgIpc) is 2.35. The van der Waals surface area contributed by atoms with Gasteiger partial charge in [0.05, 0.1) is 0 Å². The van der Waals surface area contributed by atoms with Gasteiger partial charge in [0.2, 0.25) is 0 Å². The first-order valence-electron chi connectivity index (χ1n) is 8.12. The number of hydrogen-bond donors (Lipinski definition) is 0. The van der Waals surface area contributed by atoms with Crippen molar-refractivity contribution in [3.05, 3.63) is 0 Å². The van der Waals surface area contributed by atoms with E-state index in [4.69, 9.17) is 0 Å². The van der Waals surface area contributed by atoms with Gasteiger partial charge in [-0.05, 0) is 0 Å². The maximum absolute atomic E-state index is 2.82. The molecule has 0 N–H and O–H groups in total. The minimum absolute atomic E-state index is 0. The third kappa shape index (κ3) is 24.5. The summed E-state index contributed by atoms with van der Waals surface area (Å²) in [6.07, 6.45) is 20.4. The zero-order chi connectivity index (χ0) is 12.6. The molecule has 2 radical (unpaired) electrons. The summed E-state index contributed by atoms with van der Waals surface area (Å²) >= 11 is 2.82. The van der Waals surface area contributed by atoms with Crippen molar-refractivity contribution in [2.45, 2.75) is 102 Å². The van der Waals surface area contributed by atoms with Gasteiger partial charge >= 0.3 is 0 Å². The van der Waals surface area contributed by atoms with E-state index < -0.39 is 0 Å². The van der Waals surface area contributed by atoms with E-state index in [1.54, 1.807) is 0 Å². The average molecular weight is 325 g/mol. The Hall–Kier alpha value is 1.11. The molecule has 0 saturated carbocycles. The van der Waals surface area contributed by atoms with E-state index in [1.807, 2.05) is 0 Å². The monoisotopic (exact) mass is 324 g/mol. The second kappa shape index (κ2) is 24.2. The topological polar surface area (TPSA) is 0 Å². The van der Waals surface area contributed by atoms with Gasteiger partial charge < -0.3 is 0 Å². The van der Waals surface area contributed by atoms with E-state index in [-0.39, 0.29) is 24.8 Å². The van der Waals surface area contributed by atoms with Crippen molar-refractivity contribution in [2.75, 3.05) is 0 Å². The summed E-state index contributed by atoms with van der Waals surface area (Å²) in [5.74, 6) is 0. The van der Waals surface area contributed by atoms with Crippen molar-refractivity contribution in [2.24, 2.45) is 0 Å². The largest absolute Gasteiger partial charge is 0.147 e. The van der Waals surface area contributed by atoms with Gasteiger partial charge in [-0.25, -0.2) is 0 Å². The first-order valence-corrected chi connectivity index (χ1v) is 8.93. The number of halogens is 2. The van der Waals surface area contributed by atoms with Crippen LogP contribution in [0.1, 0.15) is 96.8 Å². The normalized spacial score (nSPS) is 9.74. The number of rotatable bonds is 14. The highest BCUT2D eigenvalue weighted by atomic mass is 35.5. The summed E-state index contributed by atoms with van der Waals surface area (Å²) in [5, 5.41) is 1.29. The molecule has 0 amide bonds. The Morgan fingerprint density at radius 1 is 0.474 bits per heavy atom. The van der Waals surface area contributed by atoms with Crippen LogP contribution >= 0.6 is 24.8 Å². The standard InChI is InChI=1S/C16H33.Al.2ClH/c1-3-5-7-9-11-13-15-16-14-12-10-8-6-4-2;;;/h1,3-16H2,2H3;;2*1H. The van der Waals surface area contributed by atoms with E-state index in [0.29, 0.717) is 0 Å². The van der Waals surface area contributed by atoms with Crippen molar-refractivity contribution >= 4 is 41.1 Å². The van der Waals surface area contributed by atoms with Crippen LogP contribution in [-0.2, 0) is 0 Å². The highest BCUT2D eigenvalue weighted by Gasteiger charge is 1.93. The van der Waals surface area contributed by atoms with Crippen LogP contribution in [0.4, 0.5) is 0 Å². The Labute approximate surface area is 143 Å². The van der Waals surface area contributed by atoms with E-state index in [9.17, 15) is 0 Å². The van der Waals surface area contributed by atoms with Gasteiger partial charge in [-0.1, -0.05) is 96.8 Å². The molecule has 0 atom stereocenters. The first-order chi connectivity index (χ1) is 8.41. The fraction of sp³-hybridized carbons (Fsp3) is 1.00. The highest BCUT2D eigenvalue weighted by molar-refractivity contribution is 6.08. The van der Waals surface area contributed by atoms with Gasteiger partial charge in [0.15, 0.2) is 0 Å². The van der Waals surface area contributed by atoms with Gasteiger partial charge in [0.25, 0.3) is 0 Å². The summed E-state index contributed by atoms with van der Waals surface area (Å²) in [7, 11) is 0. The molecule has 0 aromatic heterocycles. The predicted octanol–water partition coefficient (Wildman–Crippen LogP) is 6.90. The summed E-state index contributed by atoms with van der Waals surface area (Å²) in [6.45, 7) is 2.29. The lowest BCUT2D eigenvalue weighted by Gasteiger charge is -2.02. The number of unbranched alkanes of at least 4 members (excludes halogenated alkanes) is 13. The van der Waals surface area contributed by atoms with Gasteiger partial charge in [0.1, 0.15) is 16.3 Å². The lowest BCUT2D eigenvalue weighted by Crippen LogP contribution is -1.83. The van der Waals surface area contributed by atoms with E-state index in [2.05, 4.69) is 23.2 Å². The molecule has 0 aromatic carbocycles. The maximum Gasteiger partial charge on any atom is 0.118 e. The van der Waals surface area contributed by atoms with Crippen LogP contribution in [0.2, 0.25) is 5.28 Å². The van der Waals surface area contributed by atoms with Crippen LogP contribution < -0.4 is 0 Å². The molecule has 116 valence electrons. The lowest BCUT2D eigenvalue weighted by atomic mass is 10.0. The summed E-state index contributed by atoms with van der Waals surface area (Å²) in [5.41, 5.74) is 0. The Morgan fingerprint density at radius 2 is 0.737 bits per heavy atom. The zero-order valence-electron chi connectivity index (χ0n) is 13.0. The lowest BCUT2D eigenvalue weighted by molar-refractivity contribution is 0.538. The van der Waals surface area contributed by atoms with Crippen LogP contribution in [-0.4, -0.2) is 16.3 Å². The van der Waals surface area contributed by atoms with Gasteiger partial charge in [-0.15, -0.1) is 30.1 Å². The van der Waals surface area contributed by atoms with Crippen molar-refractivity contribution in [3.63, 3.8) is 0 Å². The Morgan fingerprint density at radius 3 is 1.00 bits per heavy atom. The van der Waals surface area contributed by atoms with Crippen LogP contribution in [0.5, 0.6) is 0 Å². The molecule has 0 heterocycles. The van der Waals surface area contributed by atoms with Gasteiger partial charge in [-0.3, -0.25) is 0 Å². The Bertz CT molecular complexity index is 118. The summed E-state index contributed by atoms with van der Waals surface area (Å²) in [6, 6.07) is 0. The quantitative estimate of drug-likeness (QED) is 0.241. The molecule has 0 nitrogen and oxygen atoms in total. The molecule has 0 spiro atoms. The maximum atomic E-state index is 2.82. The minimum Gasteiger partial charge on any atom is -0.147 e. The molecule has 19 heavy (non-hydrogen) atoms. The summed E-state index contributed by atoms with van der Waals surface area (Å²) < 4.78 is 0. The van der Waals surface area contributed by atoms with E-state index in [1.165, 1.54) is 95.2 Å². The number of hydrogen-bond acceptors (Lipinski definition) is 0. The molecular formula is C16H35AlCl2. The fourth-order valence-corrected chi connectivity index (χ4v) is 2.63. The predicted molar refractivity (Wildman–Crippen MR) is 95.4 cm³/mol. The molecule has 0 aliphatic rings. The molecule has 0 bridgehead atoms. The second-order valence-electron chi connectivity index (χ2n) is 5.38. The summed E-state index contributed by atoms with van der Waals surface area (Å²) in [4.78, 5) is 0. The Balaban J connectivity index is -0.00000128. The SMILES string of the molecule is CCCCCCCCCCCCCCC[CH2][Al].Cl.Cl. The van der Waals surface area contributed by atoms with Crippen molar-refractivity contribution in [3.8, 4) is 0 Å². The molecule has 0 unspecified atom stereocenters. The molecule has 0 aromatic rings. The van der Waals surface area contributed by atoms with Crippen molar-refractivity contribution in [1.82, 2.24) is 0 Å². The van der Waals surface area contributed by atoms with Crippen molar-refractivity contribution < 1.29 is 0 Å². The minimum atomic E-state index is 0. The van der Waals surface area contributed by atoms with Gasteiger partial charge in [-0.2, -0.15) is 0 Å². The first kappa shape index (κ1) is 25.1. The smallest absolute Gasteiger partial charge is 0.118 e. The van der Waals surface area contributed by atoms with Crippen molar-refractivity contribution in [1.29, 1.82) is 0 Å². The molecule has 0 aliphatic heterocycles. The third-order valence-electron chi connectivity index (χ3n) is 3.56. The van der Waals surface area contributed by atoms with Crippen LogP contribution in [0.15, 0.2) is 0 Å². The molecule has 0 saturated heterocycles. The van der Waals surface area contributed by atoms with Crippen LogP contribution in [0.25, 0.3) is 0 Å². The van der Waals surface area contributed by atoms with E-state index in [0.717, 1.165) is 0 Å². The highest BCUT2D eigenvalue weighted by Crippen LogP contribution is 2.12.